The minimum absolute atomic E-state index is 0.260. The van der Waals surface area contributed by atoms with Gasteiger partial charge in [-0.05, 0) is 0 Å². The highest BCUT2D eigenvalue weighted by Gasteiger charge is 2.25. The number of hydrogen-bond acceptors (Lipinski definition) is 6. The Hall–Kier alpha value is -1.12. The third-order valence-electron chi connectivity index (χ3n) is 2.02. The zero-order valence-electron chi connectivity index (χ0n) is 11.1. The molecular formula is C12H17IO6. The van der Waals surface area contributed by atoms with Gasteiger partial charge in [0.2, 0.25) is 0 Å². The Morgan fingerprint density at radius 1 is 1.11 bits per heavy atom. The third-order valence-corrected chi connectivity index (χ3v) is 2.89. The van der Waals surface area contributed by atoms with Crippen molar-refractivity contribution in [1.82, 2.24) is 0 Å². The lowest BCUT2D eigenvalue weighted by Gasteiger charge is -2.23. The summed E-state index contributed by atoms with van der Waals surface area (Å²) in [5.41, 5.74) is 0. The van der Waals surface area contributed by atoms with E-state index in [2.05, 4.69) is 4.74 Å². The van der Waals surface area contributed by atoms with Crippen LogP contribution >= 0.6 is 22.6 Å². The molecule has 108 valence electrons. The first-order chi connectivity index (χ1) is 8.90. The minimum atomic E-state index is -0.626. The van der Waals surface area contributed by atoms with Crippen LogP contribution in [0.5, 0.6) is 0 Å². The van der Waals surface area contributed by atoms with Crippen LogP contribution in [0.1, 0.15) is 20.3 Å². The molecule has 0 unspecified atom stereocenters. The molecule has 2 atom stereocenters. The van der Waals surface area contributed by atoms with Crippen LogP contribution in [-0.4, -0.2) is 41.7 Å². The highest BCUT2D eigenvalue weighted by Crippen LogP contribution is 2.13. The molecule has 0 amide bonds. The van der Waals surface area contributed by atoms with Crippen molar-refractivity contribution in [3.05, 3.63) is 12.2 Å². The van der Waals surface area contributed by atoms with Gasteiger partial charge in [-0.3, -0.25) is 9.59 Å². The Labute approximate surface area is 125 Å². The van der Waals surface area contributed by atoms with E-state index >= 15 is 0 Å². The zero-order valence-corrected chi connectivity index (χ0v) is 13.2. The quantitative estimate of drug-likeness (QED) is 0.217. The normalized spacial score (nSPS) is 13.7. The summed E-state index contributed by atoms with van der Waals surface area (Å²) in [7, 11) is 1.27. The van der Waals surface area contributed by atoms with Gasteiger partial charge in [-0.15, -0.1) is 0 Å². The summed E-state index contributed by atoms with van der Waals surface area (Å²) in [6.07, 6.45) is 1.83. The van der Waals surface area contributed by atoms with Crippen LogP contribution in [0.4, 0.5) is 0 Å². The van der Waals surface area contributed by atoms with E-state index in [1.54, 1.807) is 0 Å². The maximum atomic E-state index is 11.0. The van der Waals surface area contributed by atoms with E-state index < -0.39 is 30.1 Å². The van der Waals surface area contributed by atoms with E-state index in [4.69, 9.17) is 9.47 Å². The lowest BCUT2D eigenvalue weighted by atomic mass is 10.1. The lowest BCUT2D eigenvalue weighted by molar-refractivity contribution is -0.163. The van der Waals surface area contributed by atoms with Crippen LogP contribution in [0.3, 0.4) is 0 Å². The molecule has 0 rings (SSSR count). The molecule has 0 aliphatic carbocycles. The van der Waals surface area contributed by atoms with Gasteiger partial charge in [0.1, 0.15) is 12.2 Å². The van der Waals surface area contributed by atoms with Crippen molar-refractivity contribution in [2.24, 2.45) is 0 Å². The predicted octanol–water partition coefficient (Wildman–Crippen LogP) is 1.40. The van der Waals surface area contributed by atoms with Crippen LogP contribution in [0, 0.1) is 0 Å². The fraction of sp³-hybridized carbons (Fsp3) is 0.583. The maximum Gasteiger partial charge on any atom is 0.330 e. The Kier molecular flexibility index (Phi) is 9.19. The van der Waals surface area contributed by atoms with E-state index in [1.165, 1.54) is 33.1 Å². The van der Waals surface area contributed by atoms with Gasteiger partial charge >= 0.3 is 17.9 Å². The molecule has 0 aliphatic heterocycles. The first kappa shape index (κ1) is 17.9. The van der Waals surface area contributed by atoms with Crippen molar-refractivity contribution in [1.29, 1.82) is 0 Å². The molecule has 0 spiro atoms. The first-order valence-corrected chi connectivity index (χ1v) is 7.08. The molecule has 0 bridgehead atoms. The van der Waals surface area contributed by atoms with E-state index in [0.717, 1.165) is 0 Å². The molecule has 7 heteroatoms. The molecule has 0 radical (unpaired) electrons. The number of rotatable bonds is 7. The molecule has 0 heterocycles. The predicted molar refractivity (Wildman–Crippen MR) is 75.8 cm³/mol. The highest BCUT2D eigenvalue weighted by atomic mass is 127. The SMILES string of the molecule is COC(=O)/C=C/C[C@H](OC(C)=O)[C@@H](CI)OC(C)=O. The van der Waals surface area contributed by atoms with Gasteiger partial charge in [0.05, 0.1) is 7.11 Å². The van der Waals surface area contributed by atoms with Crippen molar-refractivity contribution in [3.63, 3.8) is 0 Å². The molecule has 0 saturated carbocycles. The summed E-state index contributed by atoms with van der Waals surface area (Å²) in [4.78, 5) is 32.9. The number of esters is 3. The number of methoxy groups -OCH3 is 1. The standard InChI is InChI=1S/C12H17IO6/c1-8(14)18-10(5-4-6-12(16)17-3)11(7-13)19-9(2)15/h4,6,10-11H,5,7H2,1-3H3/b6-4+/t10-,11+/m0/s1. The summed E-state index contributed by atoms with van der Waals surface area (Å²) in [5, 5.41) is 0. The van der Waals surface area contributed by atoms with Crippen molar-refractivity contribution in [3.8, 4) is 0 Å². The maximum absolute atomic E-state index is 11.0. The van der Waals surface area contributed by atoms with Gasteiger partial charge in [0.15, 0.2) is 0 Å². The average molecular weight is 384 g/mol. The van der Waals surface area contributed by atoms with Crippen molar-refractivity contribution in [2.45, 2.75) is 32.5 Å². The number of halogens is 1. The van der Waals surface area contributed by atoms with Gasteiger partial charge in [-0.2, -0.15) is 0 Å². The van der Waals surface area contributed by atoms with Crippen molar-refractivity contribution >= 4 is 40.5 Å². The highest BCUT2D eigenvalue weighted by molar-refractivity contribution is 14.1. The minimum Gasteiger partial charge on any atom is -0.466 e. The van der Waals surface area contributed by atoms with Crippen LogP contribution in [0.15, 0.2) is 12.2 Å². The molecule has 0 aromatic carbocycles. The largest absolute Gasteiger partial charge is 0.466 e. The second kappa shape index (κ2) is 9.76. The Bertz CT molecular complexity index is 352. The van der Waals surface area contributed by atoms with Crippen molar-refractivity contribution in [2.75, 3.05) is 11.5 Å². The molecule has 0 aromatic heterocycles. The Morgan fingerprint density at radius 3 is 2.05 bits per heavy atom. The van der Waals surface area contributed by atoms with Crippen molar-refractivity contribution < 1.29 is 28.6 Å². The van der Waals surface area contributed by atoms with E-state index in [9.17, 15) is 14.4 Å². The summed E-state index contributed by atoms with van der Waals surface area (Å²) < 4.78 is 15.1. The number of carbonyl (C=O) groups excluding carboxylic acids is 3. The van der Waals surface area contributed by atoms with Gasteiger partial charge in [-0.1, -0.05) is 28.7 Å². The molecule has 0 aromatic rings. The fourth-order valence-electron chi connectivity index (χ4n) is 1.28. The lowest BCUT2D eigenvalue weighted by Crippen LogP contribution is -2.35. The summed E-state index contributed by atoms with van der Waals surface area (Å²) in [5.74, 6) is -1.42. The second-order valence-electron chi connectivity index (χ2n) is 3.61. The summed E-state index contributed by atoms with van der Waals surface area (Å²) in [6.45, 7) is 2.56. The average Bonchev–Trinajstić information content (AvgIpc) is 2.33. The summed E-state index contributed by atoms with van der Waals surface area (Å²) in [6, 6.07) is 0. The number of carbonyl (C=O) groups is 3. The molecule has 0 aliphatic rings. The molecular weight excluding hydrogens is 367 g/mol. The van der Waals surface area contributed by atoms with Crippen LogP contribution in [0.25, 0.3) is 0 Å². The molecule has 6 nitrogen and oxygen atoms in total. The third kappa shape index (κ3) is 8.57. The zero-order chi connectivity index (χ0) is 14.8. The van der Waals surface area contributed by atoms with E-state index in [-0.39, 0.29) is 6.42 Å². The molecule has 0 fully saturated rings. The Morgan fingerprint density at radius 2 is 1.63 bits per heavy atom. The molecule has 19 heavy (non-hydrogen) atoms. The van der Waals surface area contributed by atoms with Gasteiger partial charge < -0.3 is 14.2 Å². The monoisotopic (exact) mass is 384 g/mol. The fourth-order valence-corrected chi connectivity index (χ4v) is 2.02. The van der Waals surface area contributed by atoms with Crippen LogP contribution in [0.2, 0.25) is 0 Å². The molecule has 0 N–H and O–H groups in total. The second-order valence-corrected chi connectivity index (χ2v) is 4.49. The topological polar surface area (TPSA) is 78.9 Å². The Balaban J connectivity index is 4.67. The van der Waals surface area contributed by atoms with Crippen LogP contribution < -0.4 is 0 Å². The van der Waals surface area contributed by atoms with Gasteiger partial charge in [0, 0.05) is 30.8 Å². The molecule has 0 saturated heterocycles. The smallest absolute Gasteiger partial charge is 0.330 e. The first-order valence-electron chi connectivity index (χ1n) is 5.55. The number of ether oxygens (including phenoxy) is 3. The van der Waals surface area contributed by atoms with E-state index in [0.29, 0.717) is 4.43 Å². The summed E-state index contributed by atoms with van der Waals surface area (Å²) >= 11 is 2.03. The van der Waals surface area contributed by atoms with Crippen LogP contribution in [-0.2, 0) is 28.6 Å². The number of hydrogen-bond donors (Lipinski definition) is 0. The number of alkyl halides is 1. The van der Waals surface area contributed by atoms with Gasteiger partial charge in [-0.25, -0.2) is 4.79 Å². The van der Waals surface area contributed by atoms with E-state index in [1.807, 2.05) is 22.6 Å². The van der Waals surface area contributed by atoms with Gasteiger partial charge in [0.25, 0.3) is 0 Å².